The van der Waals surface area contributed by atoms with E-state index in [1.165, 1.54) is 25.3 Å². The van der Waals surface area contributed by atoms with Crippen LogP contribution >= 0.6 is 11.6 Å². The quantitative estimate of drug-likeness (QED) is 0.217. The zero-order valence-corrected chi connectivity index (χ0v) is 23.6. The van der Waals surface area contributed by atoms with E-state index in [1.807, 2.05) is 45.0 Å². The molecule has 3 aromatic carbocycles. The molecule has 8 nitrogen and oxygen atoms in total. The summed E-state index contributed by atoms with van der Waals surface area (Å²) in [6.07, 6.45) is 1.55. The van der Waals surface area contributed by atoms with E-state index in [0.29, 0.717) is 10.8 Å². The SMILES string of the molecule is COc1ccc(S(=O)(=O)N(CC(=O)N/N=C\c2cc(C)n(-c3cccc(C)c3)c2C)c2cccc(Cl)c2)cc1. The largest absolute Gasteiger partial charge is 0.497 e. The van der Waals surface area contributed by atoms with Crippen molar-refractivity contribution in [2.75, 3.05) is 18.0 Å². The van der Waals surface area contributed by atoms with Crippen molar-refractivity contribution in [3.8, 4) is 11.4 Å². The molecular formula is C29H29ClN4O4S. The van der Waals surface area contributed by atoms with Gasteiger partial charge in [0.05, 0.1) is 23.9 Å². The molecule has 0 aliphatic heterocycles. The zero-order chi connectivity index (χ0) is 28.2. The number of sulfonamides is 1. The molecule has 0 aliphatic rings. The van der Waals surface area contributed by atoms with Gasteiger partial charge in [-0.2, -0.15) is 5.10 Å². The van der Waals surface area contributed by atoms with Crippen LogP contribution < -0.4 is 14.5 Å². The van der Waals surface area contributed by atoms with Gasteiger partial charge in [0.2, 0.25) is 0 Å². The number of carbonyl (C=O) groups excluding carboxylic acids is 1. The smallest absolute Gasteiger partial charge is 0.264 e. The number of aryl methyl sites for hydroxylation is 2. The van der Waals surface area contributed by atoms with Crippen molar-refractivity contribution in [3.63, 3.8) is 0 Å². The Morgan fingerprint density at radius 2 is 1.74 bits per heavy atom. The minimum Gasteiger partial charge on any atom is -0.497 e. The molecule has 0 unspecified atom stereocenters. The van der Waals surface area contributed by atoms with Gasteiger partial charge in [0.1, 0.15) is 12.3 Å². The maximum absolute atomic E-state index is 13.5. The molecule has 0 bridgehead atoms. The summed E-state index contributed by atoms with van der Waals surface area (Å²) in [5.41, 5.74) is 7.69. The number of anilines is 1. The van der Waals surface area contributed by atoms with Gasteiger partial charge in [0.25, 0.3) is 15.9 Å². The van der Waals surface area contributed by atoms with Crippen molar-refractivity contribution in [3.05, 3.63) is 106 Å². The third-order valence-corrected chi connectivity index (χ3v) is 8.18. The van der Waals surface area contributed by atoms with E-state index in [0.717, 1.165) is 32.5 Å². The molecule has 0 saturated heterocycles. The van der Waals surface area contributed by atoms with Gasteiger partial charge >= 0.3 is 0 Å². The van der Waals surface area contributed by atoms with Gasteiger partial charge in [-0.1, -0.05) is 29.8 Å². The second kappa shape index (κ2) is 11.8. The molecule has 1 N–H and O–H groups in total. The highest BCUT2D eigenvalue weighted by Crippen LogP contribution is 2.27. The third-order valence-electron chi connectivity index (χ3n) is 6.15. The lowest BCUT2D eigenvalue weighted by molar-refractivity contribution is -0.119. The number of nitrogens with zero attached hydrogens (tertiary/aromatic N) is 3. The molecule has 0 saturated carbocycles. The van der Waals surface area contributed by atoms with Crippen molar-refractivity contribution in [1.29, 1.82) is 0 Å². The van der Waals surface area contributed by atoms with Crippen molar-refractivity contribution < 1.29 is 17.9 Å². The fourth-order valence-corrected chi connectivity index (χ4v) is 5.84. The molecule has 4 rings (SSSR count). The van der Waals surface area contributed by atoms with E-state index in [-0.39, 0.29) is 10.6 Å². The predicted octanol–water partition coefficient (Wildman–Crippen LogP) is 5.41. The molecule has 39 heavy (non-hydrogen) atoms. The highest BCUT2D eigenvalue weighted by molar-refractivity contribution is 7.92. The maximum Gasteiger partial charge on any atom is 0.264 e. The Bertz CT molecular complexity index is 1630. The number of ether oxygens (including phenoxy) is 1. The van der Waals surface area contributed by atoms with Crippen LogP contribution in [-0.4, -0.2) is 38.8 Å². The second-order valence-corrected chi connectivity index (χ2v) is 11.3. The Hall–Kier alpha value is -4.08. The van der Waals surface area contributed by atoms with E-state index in [9.17, 15) is 13.2 Å². The van der Waals surface area contributed by atoms with Gasteiger partial charge in [-0.3, -0.25) is 9.10 Å². The van der Waals surface area contributed by atoms with Gasteiger partial charge < -0.3 is 9.30 Å². The summed E-state index contributed by atoms with van der Waals surface area (Å²) in [5.74, 6) is -0.104. The molecule has 0 atom stereocenters. The summed E-state index contributed by atoms with van der Waals surface area (Å²) in [4.78, 5) is 12.9. The van der Waals surface area contributed by atoms with Crippen LogP contribution in [0.3, 0.4) is 0 Å². The fraction of sp³-hybridized carbons (Fsp3) is 0.172. The van der Waals surface area contributed by atoms with Gasteiger partial charge in [-0.15, -0.1) is 0 Å². The number of benzene rings is 3. The number of nitrogens with one attached hydrogen (secondary N) is 1. The van der Waals surface area contributed by atoms with Crippen LogP contribution in [0.25, 0.3) is 5.69 Å². The molecule has 0 fully saturated rings. The fourth-order valence-electron chi connectivity index (χ4n) is 4.24. The first kappa shape index (κ1) is 27.9. The summed E-state index contributed by atoms with van der Waals surface area (Å²) >= 11 is 6.13. The van der Waals surface area contributed by atoms with E-state index in [2.05, 4.69) is 21.2 Å². The van der Waals surface area contributed by atoms with E-state index >= 15 is 0 Å². The van der Waals surface area contributed by atoms with Crippen LogP contribution in [0.1, 0.15) is 22.5 Å². The number of amides is 1. The van der Waals surface area contributed by atoms with Crippen LogP contribution in [0.15, 0.2) is 88.9 Å². The minimum atomic E-state index is -4.11. The summed E-state index contributed by atoms with van der Waals surface area (Å²) in [6.45, 7) is 5.50. The van der Waals surface area contributed by atoms with Crippen molar-refractivity contribution >= 4 is 39.4 Å². The monoisotopic (exact) mass is 564 g/mol. The summed E-state index contributed by atoms with van der Waals surface area (Å²) < 4.78 is 35.3. The molecular weight excluding hydrogens is 536 g/mol. The number of hydrazone groups is 1. The zero-order valence-electron chi connectivity index (χ0n) is 22.1. The van der Waals surface area contributed by atoms with Crippen molar-refractivity contribution in [1.82, 2.24) is 9.99 Å². The Balaban J connectivity index is 1.56. The van der Waals surface area contributed by atoms with Crippen LogP contribution in [0, 0.1) is 20.8 Å². The number of hydrogen-bond acceptors (Lipinski definition) is 5. The van der Waals surface area contributed by atoms with Gasteiger partial charge in [0, 0.05) is 27.7 Å². The number of rotatable bonds is 9. The Labute approximate surface area is 233 Å². The minimum absolute atomic E-state index is 0.00293. The van der Waals surface area contributed by atoms with Crippen LogP contribution in [0.2, 0.25) is 5.02 Å². The molecule has 1 amide bonds. The van der Waals surface area contributed by atoms with Gasteiger partial charge in [0.15, 0.2) is 0 Å². The molecule has 10 heteroatoms. The molecule has 1 heterocycles. The Morgan fingerprint density at radius 1 is 1.03 bits per heavy atom. The van der Waals surface area contributed by atoms with Crippen LogP contribution in [0.4, 0.5) is 5.69 Å². The lowest BCUT2D eigenvalue weighted by atomic mass is 10.2. The van der Waals surface area contributed by atoms with Crippen LogP contribution in [0.5, 0.6) is 5.75 Å². The van der Waals surface area contributed by atoms with Crippen molar-refractivity contribution in [2.24, 2.45) is 5.10 Å². The molecule has 1 aromatic heterocycles. The second-order valence-electron chi connectivity index (χ2n) is 8.96. The van der Waals surface area contributed by atoms with Gasteiger partial charge in [-0.25, -0.2) is 13.8 Å². The molecule has 0 spiro atoms. The van der Waals surface area contributed by atoms with Crippen molar-refractivity contribution in [2.45, 2.75) is 25.7 Å². The lowest BCUT2D eigenvalue weighted by Crippen LogP contribution is -2.39. The first-order valence-corrected chi connectivity index (χ1v) is 13.9. The number of methoxy groups -OCH3 is 1. The molecule has 0 radical (unpaired) electrons. The molecule has 4 aromatic rings. The molecule has 202 valence electrons. The predicted molar refractivity (Wildman–Crippen MR) is 155 cm³/mol. The third kappa shape index (κ3) is 6.32. The number of aromatic nitrogens is 1. The van der Waals surface area contributed by atoms with E-state index in [4.69, 9.17) is 16.3 Å². The summed E-state index contributed by atoms with van der Waals surface area (Å²) in [7, 11) is -2.62. The Kier molecular flexibility index (Phi) is 8.42. The average molecular weight is 565 g/mol. The number of halogens is 1. The van der Waals surface area contributed by atoms with E-state index in [1.54, 1.807) is 36.5 Å². The first-order chi connectivity index (χ1) is 18.6. The standard InChI is InChI=1S/C29H29ClN4O4S/c1-20-7-5-10-26(15-20)34-21(2)16-23(22(34)3)18-31-32-29(35)19-33(25-9-6-8-24(30)17-25)39(36,37)28-13-11-27(38-4)12-14-28/h5-18H,19H2,1-4H3,(H,32,35)/b31-18-. The molecule has 0 aliphatic carbocycles. The maximum atomic E-state index is 13.5. The summed E-state index contributed by atoms with van der Waals surface area (Å²) in [6, 6.07) is 22.4. The average Bonchev–Trinajstić information content (AvgIpc) is 3.19. The van der Waals surface area contributed by atoms with Crippen LogP contribution in [-0.2, 0) is 14.8 Å². The topological polar surface area (TPSA) is 93.0 Å². The van der Waals surface area contributed by atoms with Gasteiger partial charge in [-0.05, 0) is 87.0 Å². The normalized spacial score (nSPS) is 11.5. The summed E-state index contributed by atoms with van der Waals surface area (Å²) in [5, 5.41) is 4.45. The Morgan fingerprint density at radius 3 is 2.41 bits per heavy atom. The first-order valence-electron chi connectivity index (χ1n) is 12.1. The highest BCUT2D eigenvalue weighted by atomic mass is 35.5. The number of carbonyl (C=O) groups is 1. The van der Waals surface area contributed by atoms with E-state index < -0.39 is 22.5 Å². The lowest BCUT2D eigenvalue weighted by Gasteiger charge is -2.24. The number of hydrogen-bond donors (Lipinski definition) is 1. The highest BCUT2D eigenvalue weighted by Gasteiger charge is 2.27.